The van der Waals surface area contributed by atoms with Crippen LogP contribution in [0.5, 0.6) is 0 Å². The normalized spacial score (nSPS) is 44.8. The number of esters is 1. The van der Waals surface area contributed by atoms with Crippen LogP contribution in [-0.4, -0.2) is 27.5 Å². The maximum atomic E-state index is 11.7. The minimum absolute atomic E-state index is 0.0415. The van der Waals surface area contributed by atoms with E-state index in [1.807, 2.05) is 0 Å². The molecule has 4 aliphatic carbocycles. The second-order valence-electron chi connectivity index (χ2n) is 13.6. The lowest BCUT2D eigenvalue weighted by molar-refractivity contribution is -0.141. The fourth-order valence-electron chi connectivity index (χ4n) is 9.45. The number of ether oxygens (including phenoxy) is 1. The Morgan fingerprint density at radius 1 is 0.969 bits per heavy atom. The molecule has 3 nitrogen and oxygen atoms in total. The van der Waals surface area contributed by atoms with Gasteiger partial charge in [-0.2, -0.15) is 0 Å². The molecule has 4 heteroatoms. The number of carbonyl (C=O) groups is 1. The van der Waals surface area contributed by atoms with Crippen molar-refractivity contribution in [2.75, 3.05) is 7.11 Å². The van der Waals surface area contributed by atoms with Crippen LogP contribution in [0, 0.1) is 46.3 Å². The number of rotatable bonds is 6. The highest BCUT2D eigenvalue weighted by Gasteiger charge is 2.60. The van der Waals surface area contributed by atoms with Crippen molar-refractivity contribution in [3.63, 3.8) is 0 Å². The van der Waals surface area contributed by atoms with E-state index in [4.69, 9.17) is 9.16 Å². The zero-order chi connectivity index (χ0) is 23.3. The molecule has 0 bridgehead atoms. The molecule has 4 aliphatic rings. The first kappa shape index (κ1) is 24.8. The van der Waals surface area contributed by atoms with Gasteiger partial charge in [-0.15, -0.1) is 0 Å². The van der Waals surface area contributed by atoms with E-state index >= 15 is 0 Å². The van der Waals surface area contributed by atoms with Crippen molar-refractivity contribution in [1.29, 1.82) is 0 Å². The average molecular weight is 463 g/mol. The molecule has 32 heavy (non-hydrogen) atoms. The topological polar surface area (TPSA) is 35.5 Å². The lowest BCUT2D eigenvalue weighted by Crippen LogP contribution is -2.54. The van der Waals surface area contributed by atoms with Crippen LogP contribution in [0.2, 0.25) is 19.6 Å². The van der Waals surface area contributed by atoms with E-state index in [0.717, 1.165) is 36.0 Å². The van der Waals surface area contributed by atoms with Gasteiger partial charge in [0, 0.05) is 12.5 Å². The average Bonchev–Trinajstić information content (AvgIpc) is 3.08. The van der Waals surface area contributed by atoms with Crippen molar-refractivity contribution < 1.29 is 14.0 Å². The van der Waals surface area contributed by atoms with E-state index in [0.29, 0.717) is 29.3 Å². The third-order valence-electron chi connectivity index (χ3n) is 10.9. The summed E-state index contributed by atoms with van der Waals surface area (Å²) in [5, 5.41) is 0. The summed E-state index contributed by atoms with van der Waals surface area (Å²) in [5.74, 6) is 5.00. The Balaban J connectivity index is 1.44. The zero-order valence-corrected chi connectivity index (χ0v) is 23.0. The maximum absolute atomic E-state index is 11.7. The molecule has 0 radical (unpaired) electrons. The summed E-state index contributed by atoms with van der Waals surface area (Å²) in [5.41, 5.74) is 1.02. The second kappa shape index (κ2) is 9.02. The highest BCUT2D eigenvalue weighted by Crippen LogP contribution is 2.68. The molecule has 0 aromatic carbocycles. The van der Waals surface area contributed by atoms with Crippen LogP contribution in [0.1, 0.15) is 91.4 Å². The fourth-order valence-corrected chi connectivity index (χ4v) is 10.7. The largest absolute Gasteiger partial charge is 0.469 e. The van der Waals surface area contributed by atoms with Crippen molar-refractivity contribution >= 4 is 14.3 Å². The Hall–Kier alpha value is -0.353. The molecule has 0 N–H and O–H groups in total. The third-order valence-corrected chi connectivity index (χ3v) is 12.0. The molecular weight excluding hydrogens is 412 g/mol. The highest BCUT2D eigenvalue weighted by atomic mass is 28.4. The van der Waals surface area contributed by atoms with Crippen molar-refractivity contribution in [2.24, 2.45) is 46.3 Å². The van der Waals surface area contributed by atoms with Crippen molar-refractivity contribution in [2.45, 2.75) is 117 Å². The number of carbonyl (C=O) groups excluding carboxylic acids is 1. The van der Waals surface area contributed by atoms with Crippen LogP contribution in [0.4, 0.5) is 0 Å². The standard InChI is InChI=1S/C28H50O3Si/c1-19(8-13-26(29)30-4)23-11-12-24-22-10-9-20-18-21(31-32(5,6)7)14-16-27(20,2)25(22)15-17-28(23,24)3/h19-25H,8-18H2,1-7H3/t19-,20+,21+,22+,23-,24+,25+,27+,28-/m1/s1. The quantitative estimate of drug-likeness (QED) is 0.303. The minimum atomic E-state index is -1.45. The molecule has 0 amide bonds. The Bertz CT molecular complexity index is 687. The van der Waals surface area contributed by atoms with Gasteiger partial charge in [0.1, 0.15) is 0 Å². The van der Waals surface area contributed by atoms with Crippen molar-refractivity contribution in [3.8, 4) is 0 Å². The Kier molecular flexibility index (Phi) is 6.98. The number of hydrogen-bond donors (Lipinski definition) is 0. The lowest BCUT2D eigenvalue weighted by Gasteiger charge is -2.61. The molecule has 0 aromatic heterocycles. The number of hydrogen-bond acceptors (Lipinski definition) is 3. The van der Waals surface area contributed by atoms with Gasteiger partial charge < -0.3 is 9.16 Å². The van der Waals surface area contributed by atoms with Gasteiger partial charge in [0.15, 0.2) is 8.32 Å². The van der Waals surface area contributed by atoms with E-state index in [2.05, 4.69) is 40.4 Å². The monoisotopic (exact) mass is 462 g/mol. The van der Waals surface area contributed by atoms with Gasteiger partial charge in [-0.3, -0.25) is 4.79 Å². The van der Waals surface area contributed by atoms with Crippen LogP contribution in [0.25, 0.3) is 0 Å². The van der Waals surface area contributed by atoms with Gasteiger partial charge in [0.05, 0.1) is 7.11 Å². The van der Waals surface area contributed by atoms with Crippen LogP contribution < -0.4 is 0 Å². The van der Waals surface area contributed by atoms with Crippen LogP contribution in [-0.2, 0) is 14.0 Å². The summed E-state index contributed by atoms with van der Waals surface area (Å²) in [7, 11) is 0.0649. The van der Waals surface area contributed by atoms with E-state index in [1.165, 1.54) is 64.9 Å². The highest BCUT2D eigenvalue weighted by molar-refractivity contribution is 6.69. The first-order chi connectivity index (χ1) is 15.0. The zero-order valence-electron chi connectivity index (χ0n) is 22.0. The molecule has 4 fully saturated rings. The number of fused-ring (bicyclic) bond motifs is 5. The van der Waals surface area contributed by atoms with Gasteiger partial charge in [0.25, 0.3) is 0 Å². The van der Waals surface area contributed by atoms with Gasteiger partial charge in [-0.25, -0.2) is 0 Å². The molecule has 4 rings (SSSR count). The van der Waals surface area contributed by atoms with E-state index < -0.39 is 8.32 Å². The summed E-state index contributed by atoms with van der Waals surface area (Å²) >= 11 is 0. The minimum Gasteiger partial charge on any atom is -0.469 e. The number of methoxy groups -OCH3 is 1. The second-order valence-corrected chi connectivity index (χ2v) is 18.1. The lowest BCUT2D eigenvalue weighted by atomic mass is 9.44. The molecule has 0 heterocycles. The van der Waals surface area contributed by atoms with Crippen LogP contribution in [0.15, 0.2) is 0 Å². The summed E-state index contributed by atoms with van der Waals surface area (Å²) in [6.07, 6.45) is 14.6. The van der Waals surface area contributed by atoms with Gasteiger partial charge in [0.2, 0.25) is 0 Å². The van der Waals surface area contributed by atoms with Crippen LogP contribution >= 0.6 is 0 Å². The predicted octanol–water partition coefficient (Wildman–Crippen LogP) is 7.45. The van der Waals surface area contributed by atoms with E-state index in [9.17, 15) is 4.79 Å². The molecule has 0 saturated heterocycles. The van der Waals surface area contributed by atoms with Gasteiger partial charge >= 0.3 is 5.97 Å². The van der Waals surface area contributed by atoms with E-state index in [-0.39, 0.29) is 5.97 Å². The first-order valence-corrected chi connectivity index (χ1v) is 17.1. The summed E-state index contributed by atoms with van der Waals surface area (Å²) in [6, 6.07) is 0. The summed E-state index contributed by atoms with van der Waals surface area (Å²) < 4.78 is 11.5. The van der Waals surface area contributed by atoms with Crippen molar-refractivity contribution in [1.82, 2.24) is 0 Å². The van der Waals surface area contributed by atoms with Crippen LogP contribution in [0.3, 0.4) is 0 Å². The maximum Gasteiger partial charge on any atom is 0.305 e. The Morgan fingerprint density at radius 2 is 1.66 bits per heavy atom. The predicted molar refractivity (Wildman–Crippen MR) is 134 cm³/mol. The Labute approximate surface area is 198 Å². The summed E-state index contributed by atoms with van der Waals surface area (Å²) in [6.45, 7) is 14.8. The molecular formula is C28H50O3Si. The molecule has 184 valence electrons. The fraction of sp³-hybridized carbons (Fsp3) is 0.964. The van der Waals surface area contributed by atoms with E-state index in [1.54, 1.807) is 0 Å². The van der Waals surface area contributed by atoms with Gasteiger partial charge in [-0.05, 0) is 130 Å². The molecule has 0 unspecified atom stereocenters. The smallest absolute Gasteiger partial charge is 0.305 e. The van der Waals surface area contributed by atoms with Gasteiger partial charge in [-0.1, -0.05) is 20.8 Å². The molecule has 9 atom stereocenters. The third kappa shape index (κ3) is 4.49. The molecule has 4 saturated carbocycles. The van der Waals surface area contributed by atoms with Crippen molar-refractivity contribution in [3.05, 3.63) is 0 Å². The summed E-state index contributed by atoms with van der Waals surface area (Å²) in [4.78, 5) is 11.7. The Morgan fingerprint density at radius 3 is 2.34 bits per heavy atom. The molecule has 0 spiro atoms. The first-order valence-electron chi connectivity index (χ1n) is 13.7. The molecule has 0 aromatic rings. The SMILES string of the molecule is COC(=O)CC[C@@H](C)[C@H]1CC[C@H]2[C@@H]3CC[C@H]4C[C@@H](O[Si](C)(C)C)CC[C@]4(C)[C@H]3CC[C@]12C. The molecule has 0 aliphatic heterocycles.